The van der Waals surface area contributed by atoms with Gasteiger partial charge >= 0.3 is 0 Å². The Balaban J connectivity index is 2.07. The van der Waals surface area contributed by atoms with E-state index in [1.165, 1.54) is 0 Å². The first-order valence-electron chi connectivity index (χ1n) is 7.83. The van der Waals surface area contributed by atoms with Gasteiger partial charge in [0.1, 0.15) is 17.1 Å². The van der Waals surface area contributed by atoms with Crippen LogP contribution in [-0.4, -0.2) is 31.1 Å². The number of hydrogen-bond donors (Lipinski definition) is 3. The lowest BCUT2D eigenvalue weighted by Gasteiger charge is -2.04. The number of rotatable bonds is 4. The molecule has 130 valence electrons. The second-order valence-corrected chi connectivity index (χ2v) is 5.55. The number of aromatic nitrogens is 3. The van der Waals surface area contributed by atoms with Crippen LogP contribution < -0.4 is 5.48 Å². The van der Waals surface area contributed by atoms with Gasteiger partial charge in [-0.1, -0.05) is 12.1 Å². The minimum absolute atomic E-state index is 0.185. The van der Waals surface area contributed by atoms with Crippen molar-refractivity contribution in [1.29, 1.82) is 0 Å². The van der Waals surface area contributed by atoms with Gasteiger partial charge in [-0.05, 0) is 44.5 Å². The van der Waals surface area contributed by atoms with Gasteiger partial charge in [-0.15, -0.1) is 0 Å². The largest absolute Gasteiger partial charge is 0.508 e. The number of aliphatic imine (C=N–C) groups is 1. The average Bonchev–Trinajstić information content (AvgIpc) is 3.18. The van der Waals surface area contributed by atoms with Crippen LogP contribution in [0.5, 0.6) is 5.75 Å². The summed E-state index contributed by atoms with van der Waals surface area (Å²) < 4.78 is 6.78. The van der Waals surface area contributed by atoms with Crippen LogP contribution in [0.15, 0.2) is 40.0 Å². The van der Waals surface area contributed by atoms with Crippen molar-refractivity contribution >= 4 is 11.5 Å². The van der Waals surface area contributed by atoms with Gasteiger partial charge < -0.3 is 9.63 Å². The normalized spacial score (nSPS) is 11.8. The third-order valence-electron chi connectivity index (χ3n) is 3.82. The summed E-state index contributed by atoms with van der Waals surface area (Å²) in [6.07, 6.45) is 2.42. The van der Waals surface area contributed by atoms with Crippen molar-refractivity contribution in [2.75, 3.05) is 0 Å². The van der Waals surface area contributed by atoms with Crippen molar-refractivity contribution in [2.45, 2.75) is 27.2 Å². The molecule has 0 saturated carbocycles. The Hall–Kier alpha value is -3.13. The smallest absolute Gasteiger partial charge is 0.161 e. The Morgan fingerprint density at radius 1 is 1.28 bits per heavy atom. The lowest BCUT2D eigenvalue weighted by molar-refractivity contribution is 0.235. The summed E-state index contributed by atoms with van der Waals surface area (Å²) in [6, 6.07) is 6.68. The summed E-state index contributed by atoms with van der Waals surface area (Å²) in [7, 11) is 0. The highest BCUT2D eigenvalue weighted by atomic mass is 16.5. The Kier molecular flexibility index (Phi) is 4.53. The molecular formula is C17H19N5O3. The van der Waals surface area contributed by atoms with E-state index >= 15 is 0 Å². The second kappa shape index (κ2) is 6.78. The van der Waals surface area contributed by atoms with Gasteiger partial charge in [-0.3, -0.25) is 10.7 Å². The SMILES string of the molecule is CCc1nn(-c2ccc(O)cc2)cc1C(=Nc1c(C)noc1C)NO. The highest BCUT2D eigenvalue weighted by Crippen LogP contribution is 2.24. The van der Waals surface area contributed by atoms with Crippen molar-refractivity contribution < 1.29 is 14.8 Å². The van der Waals surface area contributed by atoms with E-state index < -0.39 is 0 Å². The van der Waals surface area contributed by atoms with E-state index in [1.54, 1.807) is 49.0 Å². The van der Waals surface area contributed by atoms with Crippen molar-refractivity contribution in [3.8, 4) is 11.4 Å². The molecule has 3 rings (SSSR count). The number of amidine groups is 1. The van der Waals surface area contributed by atoms with E-state index in [-0.39, 0.29) is 11.6 Å². The zero-order valence-corrected chi connectivity index (χ0v) is 14.2. The lowest BCUT2D eigenvalue weighted by Crippen LogP contribution is -2.21. The predicted molar refractivity (Wildman–Crippen MR) is 91.7 cm³/mol. The molecule has 0 aliphatic carbocycles. The van der Waals surface area contributed by atoms with Gasteiger partial charge in [0.2, 0.25) is 0 Å². The third kappa shape index (κ3) is 3.24. The molecule has 0 unspecified atom stereocenters. The Labute approximate surface area is 144 Å². The monoisotopic (exact) mass is 341 g/mol. The van der Waals surface area contributed by atoms with E-state index in [0.29, 0.717) is 29.1 Å². The summed E-state index contributed by atoms with van der Waals surface area (Å²) in [4.78, 5) is 4.44. The molecule has 0 saturated heterocycles. The number of nitrogens with one attached hydrogen (secondary N) is 1. The molecule has 8 heteroatoms. The summed E-state index contributed by atoms with van der Waals surface area (Å²) >= 11 is 0. The molecule has 0 radical (unpaired) electrons. The van der Waals surface area contributed by atoms with Crippen LogP contribution in [0.3, 0.4) is 0 Å². The average molecular weight is 341 g/mol. The molecule has 0 bridgehead atoms. The maximum absolute atomic E-state index is 9.59. The molecule has 3 N–H and O–H groups in total. The van der Waals surface area contributed by atoms with Crippen molar-refractivity contribution in [3.05, 3.63) is 53.2 Å². The highest BCUT2D eigenvalue weighted by molar-refractivity contribution is 6.00. The van der Waals surface area contributed by atoms with Crippen LogP contribution in [0.4, 0.5) is 5.69 Å². The molecule has 25 heavy (non-hydrogen) atoms. The molecule has 0 amide bonds. The molecule has 0 fully saturated rings. The first-order chi connectivity index (χ1) is 12.0. The number of benzene rings is 1. The van der Waals surface area contributed by atoms with E-state index in [1.807, 2.05) is 6.92 Å². The fraction of sp³-hybridized carbons (Fsp3) is 0.235. The summed E-state index contributed by atoms with van der Waals surface area (Å²) in [5, 5.41) is 27.4. The minimum Gasteiger partial charge on any atom is -0.508 e. The molecule has 3 aromatic rings. The summed E-state index contributed by atoms with van der Waals surface area (Å²) in [6.45, 7) is 5.51. The molecule has 2 heterocycles. The van der Waals surface area contributed by atoms with Gasteiger partial charge in [-0.2, -0.15) is 5.10 Å². The van der Waals surface area contributed by atoms with Gasteiger partial charge in [0, 0.05) is 6.20 Å². The second-order valence-electron chi connectivity index (χ2n) is 5.55. The molecule has 0 spiro atoms. The molecule has 0 atom stereocenters. The standard InChI is InChI=1S/C17H19N5O3/c1-4-15-14(9-22(19-15)12-5-7-13(23)8-6-12)17(20-24)18-16-10(2)21-25-11(16)3/h5-9,23-24H,4H2,1-3H3,(H,18,20). The van der Waals surface area contributed by atoms with Crippen LogP contribution in [0, 0.1) is 13.8 Å². The van der Waals surface area contributed by atoms with Crippen LogP contribution in [0.2, 0.25) is 0 Å². The van der Waals surface area contributed by atoms with Crippen molar-refractivity contribution in [3.63, 3.8) is 0 Å². The Bertz CT molecular complexity index is 890. The van der Waals surface area contributed by atoms with Crippen LogP contribution >= 0.6 is 0 Å². The van der Waals surface area contributed by atoms with Crippen LogP contribution in [0.25, 0.3) is 5.69 Å². The molecule has 0 aliphatic rings. The maximum atomic E-state index is 9.59. The zero-order valence-electron chi connectivity index (χ0n) is 14.2. The van der Waals surface area contributed by atoms with E-state index in [2.05, 4.69) is 20.7 Å². The number of aryl methyl sites for hydroxylation is 3. The topological polar surface area (TPSA) is 109 Å². The fourth-order valence-corrected chi connectivity index (χ4v) is 2.50. The predicted octanol–water partition coefficient (Wildman–Crippen LogP) is 2.80. The number of hydroxylamine groups is 1. The Morgan fingerprint density at radius 3 is 2.56 bits per heavy atom. The molecular weight excluding hydrogens is 322 g/mol. The quantitative estimate of drug-likeness (QED) is 0.382. The minimum atomic E-state index is 0.185. The number of nitrogens with zero attached hydrogens (tertiary/aromatic N) is 4. The maximum Gasteiger partial charge on any atom is 0.161 e. The van der Waals surface area contributed by atoms with Gasteiger partial charge in [0.25, 0.3) is 0 Å². The summed E-state index contributed by atoms with van der Waals surface area (Å²) in [5.41, 5.74) is 5.56. The first kappa shape index (κ1) is 16.7. The third-order valence-corrected chi connectivity index (χ3v) is 3.82. The molecule has 1 aromatic carbocycles. The van der Waals surface area contributed by atoms with Crippen molar-refractivity contribution in [2.24, 2.45) is 4.99 Å². The molecule has 0 aliphatic heterocycles. The van der Waals surface area contributed by atoms with Crippen LogP contribution in [0.1, 0.15) is 29.6 Å². The van der Waals surface area contributed by atoms with Crippen molar-refractivity contribution in [1.82, 2.24) is 20.4 Å². The van der Waals surface area contributed by atoms with Crippen LogP contribution in [-0.2, 0) is 6.42 Å². The lowest BCUT2D eigenvalue weighted by atomic mass is 10.2. The fourth-order valence-electron chi connectivity index (χ4n) is 2.50. The molecule has 8 nitrogen and oxygen atoms in total. The number of hydrogen-bond acceptors (Lipinski definition) is 6. The number of phenols is 1. The zero-order chi connectivity index (χ0) is 18.0. The Morgan fingerprint density at radius 2 is 2.00 bits per heavy atom. The first-order valence-corrected chi connectivity index (χ1v) is 7.83. The van der Waals surface area contributed by atoms with E-state index in [0.717, 1.165) is 11.4 Å². The molecule has 2 aromatic heterocycles. The van der Waals surface area contributed by atoms with Gasteiger partial charge in [0.05, 0.1) is 16.9 Å². The van der Waals surface area contributed by atoms with E-state index in [4.69, 9.17) is 4.52 Å². The van der Waals surface area contributed by atoms with Gasteiger partial charge in [-0.25, -0.2) is 9.67 Å². The van der Waals surface area contributed by atoms with E-state index in [9.17, 15) is 10.3 Å². The van der Waals surface area contributed by atoms with Gasteiger partial charge in [0.15, 0.2) is 11.6 Å². The number of aromatic hydroxyl groups is 1. The highest BCUT2D eigenvalue weighted by Gasteiger charge is 2.16. The number of phenolic OH excluding ortho intramolecular Hbond substituents is 1. The summed E-state index contributed by atoms with van der Waals surface area (Å²) in [5.74, 6) is 1.01.